The van der Waals surface area contributed by atoms with E-state index in [1.165, 1.54) is 176 Å². The number of rotatable bonds is 33. The SMILES string of the molecule is CCCCCCCCc1cnn(-c2cc(-c3cc(-n4cc(CCCCCCCC)cn4)nc(-n4cc(CCCCCCCC)cn4)c3)cc(-n3cc(CCCCCCCC)cn3)n2)c1. The third-order valence-electron chi connectivity index (χ3n) is 12.7. The van der Waals surface area contributed by atoms with Crippen molar-refractivity contribution in [3.05, 3.63) is 96.1 Å². The summed E-state index contributed by atoms with van der Waals surface area (Å²) in [6.07, 6.45) is 51.3. The summed E-state index contributed by atoms with van der Waals surface area (Å²) in [6, 6.07) is 8.59. The highest BCUT2D eigenvalue weighted by Gasteiger charge is 2.16. The first-order valence-electron chi connectivity index (χ1n) is 25.8. The van der Waals surface area contributed by atoms with Crippen LogP contribution >= 0.6 is 0 Å². The minimum atomic E-state index is 0.759. The molecule has 6 aromatic rings. The molecule has 0 saturated carbocycles. The van der Waals surface area contributed by atoms with Crippen molar-refractivity contribution in [3.63, 3.8) is 0 Å². The van der Waals surface area contributed by atoms with Crippen LogP contribution in [0.15, 0.2) is 73.8 Å². The molecule has 0 N–H and O–H groups in total. The van der Waals surface area contributed by atoms with Crippen molar-refractivity contribution in [2.24, 2.45) is 0 Å². The van der Waals surface area contributed by atoms with Gasteiger partial charge in [0.2, 0.25) is 0 Å². The highest BCUT2D eigenvalue weighted by molar-refractivity contribution is 5.70. The second kappa shape index (κ2) is 27.5. The number of nitrogens with zero attached hydrogens (tertiary/aromatic N) is 10. The molecule has 0 bridgehead atoms. The second-order valence-corrected chi connectivity index (χ2v) is 18.4. The van der Waals surface area contributed by atoms with E-state index in [9.17, 15) is 0 Å². The summed E-state index contributed by atoms with van der Waals surface area (Å²) in [7, 11) is 0. The Hall–Kier alpha value is -4.86. The van der Waals surface area contributed by atoms with Crippen LogP contribution in [-0.2, 0) is 25.7 Å². The number of aromatic nitrogens is 10. The van der Waals surface area contributed by atoms with Gasteiger partial charge in [0.1, 0.15) is 0 Å². The zero-order chi connectivity index (χ0) is 44.6. The van der Waals surface area contributed by atoms with Gasteiger partial charge in [0.25, 0.3) is 0 Å². The maximum atomic E-state index is 5.21. The summed E-state index contributed by atoms with van der Waals surface area (Å²) in [4.78, 5) is 10.4. The monoisotopic (exact) mass is 869 g/mol. The van der Waals surface area contributed by atoms with E-state index in [0.717, 1.165) is 60.1 Å². The zero-order valence-electron chi connectivity index (χ0n) is 40.2. The molecule has 0 atom stereocenters. The van der Waals surface area contributed by atoms with Crippen molar-refractivity contribution >= 4 is 0 Å². The molecule has 0 aromatic carbocycles. The molecule has 0 amide bonds. The van der Waals surface area contributed by atoms with Gasteiger partial charge in [-0.2, -0.15) is 20.4 Å². The normalized spacial score (nSPS) is 11.6. The van der Waals surface area contributed by atoms with Gasteiger partial charge in [-0.15, -0.1) is 0 Å². The van der Waals surface area contributed by atoms with Crippen LogP contribution in [0.5, 0.6) is 0 Å². The number of unbranched alkanes of at least 4 members (excludes halogenated alkanes) is 20. The Kier molecular flexibility index (Phi) is 20.9. The van der Waals surface area contributed by atoms with Crippen LogP contribution in [0.3, 0.4) is 0 Å². The van der Waals surface area contributed by atoms with E-state index in [2.05, 4.69) is 76.7 Å². The first-order valence-corrected chi connectivity index (χ1v) is 25.8. The lowest BCUT2D eigenvalue weighted by Gasteiger charge is -2.13. The van der Waals surface area contributed by atoms with E-state index in [-0.39, 0.29) is 0 Å². The van der Waals surface area contributed by atoms with Crippen LogP contribution < -0.4 is 0 Å². The Morgan fingerprint density at radius 2 is 0.516 bits per heavy atom. The molecule has 346 valence electrons. The van der Waals surface area contributed by atoms with Gasteiger partial charge in [-0.3, -0.25) is 0 Å². The lowest BCUT2D eigenvalue weighted by atomic mass is 10.1. The van der Waals surface area contributed by atoms with Gasteiger partial charge >= 0.3 is 0 Å². The predicted octanol–water partition coefficient (Wildman–Crippen LogP) is 14.5. The highest BCUT2D eigenvalue weighted by atomic mass is 15.4. The van der Waals surface area contributed by atoms with E-state index in [0.29, 0.717) is 0 Å². The molecular weight excluding hydrogens is 789 g/mol. The highest BCUT2D eigenvalue weighted by Crippen LogP contribution is 2.28. The molecule has 0 fully saturated rings. The van der Waals surface area contributed by atoms with E-state index in [4.69, 9.17) is 30.4 Å². The molecule has 6 aromatic heterocycles. The van der Waals surface area contributed by atoms with Crippen LogP contribution in [-0.4, -0.2) is 49.1 Å². The van der Waals surface area contributed by atoms with Crippen molar-refractivity contribution in [2.75, 3.05) is 0 Å². The minimum Gasteiger partial charge on any atom is -0.222 e. The largest absolute Gasteiger partial charge is 0.222 e. The fourth-order valence-electron chi connectivity index (χ4n) is 8.70. The molecule has 0 aliphatic heterocycles. The molecular formula is C54H80N10. The van der Waals surface area contributed by atoms with Crippen molar-refractivity contribution < 1.29 is 0 Å². The number of hydrogen-bond donors (Lipinski definition) is 0. The van der Waals surface area contributed by atoms with Gasteiger partial charge in [-0.1, -0.05) is 156 Å². The molecule has 0 aliphatic rings. The van der Waals surface area contributed by atoms with Crippen LogP contribution in [0.2, 0.25) is 0 Å². The molecule has 0 unspecified atom stereocenters. The van der Waals surface area contributed by atoms with E-state index in [1.807, 2.05) is 43.5 Å². The summed E-state index contributed by atoms with van der Waals surface area (Å²) in [5.74, 6) is 3.04. The van der Waals surface area contributed by atoms with Gasteiger partial charge in [0.05, 0.1) is 24.8 Å². The van der Waals surface area contributed by atoms with Gasteiger partial charge in [0, 0.05) is 24.8 Å². The Labute approximate surface area is 385 Å². The minimum absolute atomic E-state index is 0.759. The molecule has 10 heteroatoms. The topological polar surface area (TPSA) is 97.1 Å². The van der Waals surface area contributed by atoms with Crippen LogP contribution in [0.1, 0.15) is 204 Å². The Bertz CT molecular complexity index is 1890. The van der Waals surface area contributed by atoms with Gasteiger partial charge in [-0.25, -0.2) is 28.7 Å². The summed E-state index contributed by atoms with van der Waals surface area (Å²) >= 11 is 0. The molecule has 0 spiro atoms. The maximum Gasteiger partial charge on any atom is 0.156 e. The number of aryl methyl sites for hydroxylation is 4. The second-order valence-electron chi connectivity index (χ2n) is 18.4. The number of hydrogen-bond acceptors (Lipinski definition) is 6. The molecule has 0 saturated heterocycles. The van der Waals surface area contributed by atoms with Crippen molar-refractivity contribution in [2.45, 2.75) is 207 Å². The van der Waals surface area contributed by atoms with E-state index >= 15 is 0 Å². The average Bonchev–Trinajstić information content (AvgIpc) is 4.17. The smallest absolute Gasteiger partial charge is 0.156 e. The molecule has 0 aliphatic carbocycles. The summed E-state index contributed by atoms with van der Waals surface area (Å²) in [6.45, 7) is 9.10. The Balaban J connectivity index is 1.31. The maximum absolute atomic E-state index is 5.21. The average molecular weight is 869 g/mol. The molecule has 0 radical (unpaired) electrons. The zero-order valence-corrected chi connectivity index (χ0v) is 40.2. The lowest BCUT2D eigenvalue weighted by Crippen LogP contribution is -2.07. The quantitative estimate of drug-likeness (QED) is 0.0382. The molecule has 6 rings (SSSR count). The van der Waals surface area contributed by atoms with Crippen molar-refractivity contribution in [1.82, 2.24) is 49.1 Å². The lowest BCUT2D eigenvalue weighted by molar-refractivity contribution is 0.607. The first-order chi connectivity index (χ1) is 31.6. The number of pyridine rings is 2. The Morgan fingerprint density at radius 1 is 0.297 bits per heavy atom. The fraction of sp³-hybridized carbons (Fsp3) is 0.593. The van der Waals surface area contributed by atoms with Crippen LogP contribution in [0, 0.1) is 0 Å². The first kappa shape index (κ1) is 48.6. The summed E-state index contributed by atoms with van der Waals surface area (Å²) in [5.41, 5.74) is 6.97. The van der Waals surface area contributed by atoms with Gasteiger partial charge in [0.15, 0.2) is 23.3 Å². The van der Waals surface area contributed by atoms with Crippen molar-refractivity contribution in [3.8, 4) is 34.4 Å². The summed E-state index contributed by atoms with van der Waals surface area (Å²) < 4.78 is 7.75. The third kappa shape index (κ3) is 15.7. The third-order valence-corrected chi connectivity index (χ3v) is 12.7. The molecule has 6 heterocycles. The predicted molar refractivity (Wildman–Crippen MR) is 264 cm³/mol. The van der Waals surface area contributed by atoms with Crippen LogP contribution in [0.25, 0.3) is 34.4 Å². The van der Waals surface area contributed by atoms with Crippen LogP contribution in [0.4, 0.5) is 0 Å². The van der Waals surface area contributed by atoms with Gasteiger partial charge in [-0.05, 0) is 109 Å². The van der Waals surface area contributed by atoms with E-state index in [1.54, 1.807) is 0 Å². The summed E-state index contributed by atoms with van der Waals surface area (Å²) in [5, 5.41) is 19.5. The molecule has 10 nitrogen and oxygen atoms in total. The van der Waals surface area contributed by atoms with E-state index < -0.39 is 0 Å². The molecule has 64 heavy (non-hydrogen) atoms. The Morgan fingerprint density at radius 3 is 0.750 bits per heavy atom. The van der Waals surface area contributed by atoms with Gasteiger partial charge < -0.3 is 0 Å². The standard InChI is InChI=1S/C54H80N10/c1-5-9-13-17-21-25-29-45-37-55-61(41-45)51-33-49(34-52(59-51)62-42-46(38-56-62)30-26-22-18-14-10-6-2)50-35-53(63-43-47(39-57-63)31-27-23-19-15-11-7-3)60-54(36-50)64-44-48(40-58-64)32-28-24-20-16-12-8-4/h33-44H,5-32H2,1-4H3. The van der Waals surface area contributed by atoms with Crippen molar-refractivity contribution in [1.29, 1.82) is 0 Å². The fourth-order valence-corrected chi connectivity index (χ4v) is 8.70.